The Morgan fingerprint density at radius 1 is 0.548 bits per heavy atom. The highest BCUT2D eigenvalue weighted by atomic mass is 16.8. The van der Waals surface area contributed by atoms with Crippen LogP contribution in [0.4, 0.5) is 0 Å². The summed E-state index contributed by atoms with van der Waals surface area (Å²) in [5.74, 6) is -0.550. The van der Waals surface area contributed by atoms with Crippen molar-refractivity contribution in [3.05, 3.63) is 179 Å². The van der Waals surface area contributed by atoms with E-state index in [0.29, 0.717) is 6.61 Å². The molecule has 62 heavy (non-hydrogen) atoms. The molecule has 3 fully saturated rings. The van der Waals surface area contributed by atoms with Crippen molar-refractivity contribution >= 4 is 5.97 Å². The first-order chi connectivity index (χ1) is 30.5. The summed E-state index contributed by atoms with van der Waals surface area (Å²) in [6.45, 7) is 2.67. The summed E-state index contributed by atoms with van der Waals surface area (Å²) in [7, 11) is 1.49. The maximum absolute atomic E-state index is 12.8. The van der Waals surface area contributed by atoms with E-state index in [0.717, 1.165) is 27.8 Å². The molecule has 0 radical (unpaired) electrons. The lowest BCUT2D eigenvalue weighted by atomic mass is 9.95. The molecule has 5 aromatic carbocycles. The molecular weight excluding hydrogens is 793 g/mol. The number of hydrogen-bond acceptors (Lipinski definition) is 12. The number of hydrogen-bond donors (Lipinski definition) is 0. The Kier molecular flexibility index (Phi) is 15.5. The predicted molar refractivity (Wildman–Crippen MR) is 226 cm³/mol. The molecule has 0 spiro atoms. The van der Waals surface area contributed by atoms with Gasteiger partial charge in [-0.05, 0) is 22.3 Å². The van der Waals surface area contributed by atoms with Crippen LogP contribution in [0.2, 0.25) is 0 Å². The number of ether oxygens (including phenoxy) is 11. The lowest BCUT2D eigenvalue weighted by Crippen LogP contribution is -2.67. The van der Waals surface area contributed by atoms with Crippen LogP contribution in [0.25, 0.3) is 0 Å². The maximum Gasteiger partial charge on any atom is 0.303 e. The largest absolute Gasteiger partial charge is 0.454 e. The Labute approximate surface area is 362 Å². The topological polar surface area (TPSA) is 119 Å². The minimum Gasteiger partial charge on any atom is -0.454 e. The standard InChI is InChI=1S/C50H54O12/c1-34(51)58-47-45(43-41(59-49(47)52-2)33-57-48(61-43)39-26-16-7-17-27-39)62-50-46(56-31-38-24-14-6-15-25-38)44(55-30-37-22-12-5-13-23-37)42(54-29-36-20-10-4-11-21-36)40(60-50)32-53-28-35-18-8-3-9-19-35/h3-27,40-50H,28-33H2,1-2H3/t40-,41-,42-,43-,44+,45+,46-,47-,48?,49+,50+/m1/s1. The molecule has 0 bridgehead atoms. The maximum atomic E-state index is 12.8. The quantitative estimate of drug-likeness (QED) is 0.0814. The molecule has 326 valence electrons. The number of methoxy groups -OCH3 is 1. The fraction of sp³-hybridized carbons (Fsp3) is 0.380. The SMILES string of the molecule is CO[C@H]1O[C@@H]2COC(c3ccccc3)O[C@H]2[C@H](O[C@@H]2O[C@H](COCc3ccccc3)[C@@H](OCc3ccccc3)[C@H](OCc3ccccc3)[C@H]2OCc2ccccc2)[C@H]1OC(C)=O. The van der Waals surface area contributed by atoms with Crippen LogP contribution in [0.15, 0.2) is 152 Å². The molecule has 0 saturated carbocycles. The summed E-state index contributed by atoms with van der Waals surface area (Å²) >= 11 is 0. The van der Waals surface area contributed by atoms with Crippen molar-refractivity contribution in [2.24, 2.45) is 0 Å². The van der Waals surface area contributed by atoms with E-state index >= 15 is 0 Å². The average molecular weight is 847 g/mol. The normalized spacial score (nSPS) is 28.5. The van der Waals surface area contributed by atoms with Gasteiger partial charge < -0.3 is 52.1 Å². The van der Waals surface area contributed by atoms with Gasteiger partial charge in [-0.25, -0.2) is 0 Å². The lowest BCUT2D eigenvalue weighted by Gasteiger charge is -2.51. The van der Waals surface area contributed by atoms with Gasteiger partial charge in [0.2, 0.25) is 0 Å². The van der Waals surface area contributed by atoms with Crippen LogP contribution in [-0.2, 0) is 83.3 Å². The average Bonchev–Trinajstić information content (AvgIpc) is 3.32. The van der Waals surface area contributed by atoms with Crippen LogP contribution in [-0.4, -0.2) is 87.7 Å². The van der Waals surface area contributed by atoms with Crippen molar-refractivity contribution < 1.29 is 56.9 Å². The van der Waals surface area contributed by atoms with Gasteiger partial charge in [0.1, 0.15) is 42.7 Å². The van der Waals surface area contributed by atoms with Crippen LogP contribution in [0.5, 0.6) is 0 Å². The second kappa shape index (κ2) is 22.0. The molecule has 1 unspecified atom stereocenters. The van der Waals surface area contributed by atoms with E-state index in [-0.39, 0.29) is 33.0 Å². The van der Waals surface area contributed by atoms with Gasteiger partial charge in [0.25, 0.3) is 0 Å². The van der Waals surface area contributed by atoms with Crippen molar-refractivity contribution in [3.8, 4) is 0 Å². The van der Waals surface area contributed by atoms with Crippen LogP contribution in [0, 0.1) is 0 Å². The molecule has 5 aromatic rings. The van der Waals surface area contributed by atoms with E-state index in [9.17, 15) is 4.79 Å². The second-order valence-corrected chi connectivity index (χ2v) is 15.5. The molecule has 0 amide bonds. The molecule has 3 saturated heterocycles. The number of benzene rings is 5. The fourth-order valence-electron chi connectivity index (χ4n) is 8.00. The molecule has 8 rings (SSSR count). The molecule has 3 aliphatic rings. The van der Waals surface area contributed by atoms with Crippen LogP contribution in [0.1, 0.15) is 41.0 Å². The molecule has 3 heterocycles. The Hall–Kier alpha value is -4.83. The van der Waals surface area contributed by atoms with Gasteiger partial charge in [-0.2, -0.15) is 0 Å². The van der Waals surface area contributed by atoms with Crippen LogP contribution in [0.3, 0.4) is 0 Å². The van der Waals surface area contributed by atoms with Crippen LogP contribution < -0.4 is 0 Å². The summed E-state index contributed by atoms with van der Waals surface area (Å²) < 4.78 is 72.3. The summed E-state index contributed by atoms with van der Waals surface area (Å²) in [6, 6.07) is 49.3. The van der Waals surface area contributed by atoms with Gasteiger partial charge in [0.15, 0.2) is 25.0 Å². The number of carbonyl (C=O) groups is 1. The van der Waals surface area contributed by atoms with E-state index in [1.807, 2.05) is 152 Å². The molecule has 11 atom stereocenters. The molecule has 0 aliphatic carbocycles. The Morgan fingerprint density at radius 2 is 1.05 bits per heavy atom. The van der Waals surface area contributed by atoms with Crippen molar-refractivity contribution in [1.29, 1.82) is 0 Å². The van der Waals surface area contributed by atoms with E-state index < -0.39 is 73.7 Å². The number of fused-ring (bicyclic) bond motifs is 1. The third-order valence-corrected chi connectivity index (χ3v) is 11.0. The van der Waals surface area contributed by atoms with Crippen molar-refractivity contribution in [2.45, 2.75) is 101 Å². The van der Waals surface area contributed by atoms with E-state index in [1.165, 1.54) is 14.0 Å². The Balaban J connectivity index is 1.17. The highest BCUT2D eigenvalue weighted by Gasteiger charge is 2.56. The van der Waals surface area contributed by atoms with Gasteiger partial charge in [0.05, 0.1) is 39.6 Å². The predicted octanol–water partition coefficient (Wildman–Crippen LogP) is 7.49. The van der Waals surface area contributed by atoms with Crippen molar-refractivity contribution in [2.75, 3.05) is 20.3 Å². The third kappa shape index (κ3) is 11.4. The molecule has 3 aliphatic heterocycles. The first-order valence-corrected chi connectivity index (χ1v) is 21.1. The van der Waals surface area contributed by atoms with E-state index in [4.69, 9.17) is 52.1 Å². The summed E-state index contributed by atoms with van der Waals surface area (Å²) in [5, 5.41) is 0. The molecule has 12 nitrogen and oxygen atoms in total. The molecule has 0 aromatic heterocycles. The van der Waals surface area contributed by atoms with Crippen molar-refractivity contribution in [1.82, 2.24) is 0 Å². The highest BCUT2D eigenvalue weighted by Crippen LogP contribution is 2.40. The molecule has 12 heteroatoms. The van der Waals surface area contributed by atoms with Gasteiger partial charge in [-0.3, -0.25) is 4.79 Å². The monoisotopic (exact) mass is 846 g/mol. The summed E-state index contributed by atoms with van der Waals surface area (Å²) in [4.78, 5) is 12.8. The van der Waals surface area contributed by atoms with E-state index in [1.54, 1.807) is 0 Å². The Morgan fingerprint density at radius 3 is 1.58 bits per heavy atom. The van der Waals surface area contributed by atoms with Crippen LogP contribution >= 0.6 is 0 Å². The minimum absolute atomic E-state index is 0.124. The van der Waals surface area contributed by atoms with Gasteiger partial charge >= 0.3 is 5.97 Å². The summed E-state index contributed by atoms with van der Waals surface area (Å²) in [6.07, 6.45) is -9.50. The summed E-state index contributed by atoms with van der Waals surface area (Å²) in [5.41, 5.74) is 4.69. The zero-order valence-corrected chi connectivity index (χ0v) is 34.9. The van der Waals surface area contributed by atoms with E-state index in [2.05, 4.69) is 0 Å². The second-order valence-electron chi connectivity index (χ2n) is 15.5. The van der Waals surface area contributed by atoms with Gasteiger partial charge in [-0.15, -0.1) is 0 Å². The number of esters is 1. The smallest absolute Gasteiger partial charge is 0.303 e. The molecular formula is C50H54O12. The van der Waals surface area contributed by atoms with Crippen molar-refractivity contribution in [3.63, 3.8) is 0 Å². The third-order valence-electron chi connectivity index (χ3n) is 11.0. The molecule has 0 N–H and O–H groups in total. The zero-order valence-electron chi connectivity index (χ0n) is 34.9. The fourth-order valence-corrected chi connectivity index (χ4v) is 8.00. The number of rotatable bonds is 18. The van der Waals surface area contributed by atoms with Gasteiger partial charge in [-0.1, -0.05) is 152 Å². The van der Waals surface area contributed by atoms with Gasteiger partial charge in [0, 0.05) is 19.6 Å². The first-order valence-electron chi connectivity index (χ1n) is 21.1. The zero-order chi connectivity index (χ0) is 42.5. The minimum atomic E-state index is -1.14. The Bertz CT molecular complexity index is 2060. The first kappa shape index (κ1) is 43.8. The highest BCUT2D eigenvalue weighted by molar-refractivity contribution is 5.66. The lowest BCUT2D eigenvalue weighted by molar-refractivity contribution is -0.396. The number of carbonyl (C=O) groups excluding carboxylic acids is 1.